The van der Waals surface area contributed by atoms with Gasteiger partial charge >= 0.3 is 0 Å². The van der Waals surface area contributed by atoms with Crippen molar-refractivity contribution in [1.82, 2.24) is 4.90 Å². The number of nitrogens with zero attached hydrogens (tertiary/aromatic N) is 1. The molecule has 2 rings (SSSR count). The number of benzene rings is 1. The predicted octanol–water partition coefficient (Wildman–Crippen LogP) is 2.96. The van der Waals surface area contributed by atoms with Crippen molar-refractivity contribution in [3.63, 3.8) is 0 Å². The van der Waals surface area contributed by atoms with Crippen molar-refractivity contribution in [2.24, 2.45) is 11.7 Å². The van der Waals surface area contributed by atoms with E-state index in [1.807, 2.05) is 12.1 Å². The third-order valence-corrected chi connectivity index (χ3v) is 4.20. The molecule has 3 nitrogen and oxygen atoms in total. The smallest absolute Gasteiger partial charge is 0.123 e. The summed E-state index contributed by atoms with van der Waals surface area (Å²) in [6.07, 6.45) is 3.51. The second-order valence-corrected chi connectivity index (χ2v) is 6.07. The highest BCUT2D eigenvalue weighted by Gasteiger charge is 2.24. The van der Waals surface area contributed by atoms with Crippen LogP contribution in [0.25, 0.3) is 0 Å². The van der Waals surface area contributed by atoms with Gasteiger partial charge in [0.25, 0.3) is 0 Å². The number of likely N-dealkylation sites (N-methyl/N-ethyl adjacent to an activating group) is 1. The van der Waals surface area contributed by atoms with Crippen molar-refractivity contribution < 1.29 is 9.13 Å². The highest BCUT2D eigenvalue weighted by molar-refractivity contribution is 5.21. The quantitative estimate of drug-likeness (QED) is 0.712. The van der Waals surface area contributed by atoms with Crippen molar-refractivity contribution in [3.8, 4) is 0 Å². The van der Waals surface area contributed by atoms with E-state index in [1.54, 1.807) is 0 Å². The fourth-order valence-corrected chi connectivity index (χ4v) is 2.59. The van der Waals surface area contributed by atoms with Crippen LogP contribution in [-0.4, -0.2) is 37.7 Å². The van der Waals surface area contributed by atoms with Gasteiger partial charge in [-0.1, -0.05) is 19.1 Å². The molecule has 2 N–H and O–H groups in total. The van der Waals surface area contributed by atoms with E-state index < -0.39 is 0 Å². The zero-order valence-electron chi connectivity index (χ0n) is 13.1. The Morgan fingerprint density at radius 2 is 2.00 bits per heavy atom. The first kappa shape index (κ1) is 16.4. The summed E-state index contributed by atoms with van der Waals surface area (Å²) in [7, 11) is 2.06. The average molecular weight is 294 g/mol. The molecule has 2 unspecified atom stereocenters. The molecule has 21 heavy (non-hydrogen) atoms. The van der Waals surface area contributed by atoms with Gasteiger partial charge in [-0.15, -0.1) is 0 Å². The molecule has 1 aromatic rings. The number of ether oxygens (including phenoxy) is 1. The molecule has 0 saturated heterocycles. The topological polar surface area (TPSA) is 38.5 Å². The Morgan fingerprint density at radius 1 is 1.33 bits per heavy atom. The lowest BCUT2D eigenvalue weighted by Gasteiger charge is -2.32. The summed E-state index contributed by atoms with van der Waals surface area (Å²) in [6.45, 7) is 4.52. The molecular formula is C17H27FN2O. The van der Waals surface area contributed by atoms with Crippen molar-refractivity contribution in [2.75, 3.05) is 26.8 Å². The van der Waals surface area contributed by atoms with Crippen LogP contribution in [0.2, 0.25) is 0 Å². The first-order chi connectivity index (χ1) is 10.1. The Kier molecular flexibility index (Phi) is 6.15. The highest BCUT2D eigenvalue weighted by Crippen LogP contribution is 2.29. The fourth-order valence-electron chi connectivity index (χ4n) is 2.59. The van der Waals surface area contributed by atoms with Crippen LogP contribution in [0.1, 0.15) is 37.8 Å². The molecule has 0 aliphatic heterocycles. The molecule has 0 bridgehead atoms. The van der Waals surface area contributed by atoms with Crippen LogP contribution in [0.5, 0.6) is 0 Å². The third kappa shape index (κ3) is 5.06. The van der Waals surface area contributed by atoms with Crippen LogP contribution < -0.4 is 5.73 Å². The molecule has 1 aliphatic carbocycles. The molecule has 0 radical (unpaired) electrons. The molecule has 1 aromatic carbocycles. The lowest BCUT2D eigenvalue weighted by molar-refractivity contribution is 0.0861. The van der Waals surface area contributed by atoms with Crippen molar-refractivity contribution in [3.05, 3.63) is 35.6 Å². The molecule has 4 heteroatoms. The minimum absolute atomic E-state index is 0.0314. The Bertz CT molecular complexity index is 419. The molecule has 118 valence electrons. The van der Waals surface area contributed by atoms with E-state index in [-0.39, 0.29) is 17.9 Å². The Morgan fingerprint density at radius 3 is 2.57 bits per heavy atom. The van der Waals surface area contributed by atoms with Gasteiger partial charge in [-0.2, -0.15) is 0 Å². The normalized spacial score (nSPS) is 18.0. The van der Waals surface area contributed by atoms with Gasteiger partial charge in [0.2, 0.25) is 0 Å². The SMILES string of the molecule is CCC(N)C(c1ccc(F)cc1)N(C)CCOCC1CC1. The van der Waals surface area contributed by atoms with Gasteiger partial charge in [0, 0.05) is 25.2 Å². The maximum absolute atomic E-state index is 13.1. The van der Waals surface area contributed by atoms with Crippen molar-refractivity contribution >= 4 is 0 Å². The maximum atomic E-state index is 13.1. The van der Waals surface area contributed by atoms with E-state index in [0.29, 0.717) is 0 Å². The number of halogens is 1. The van der Waals surface area contributed by atoms with E-state index >= 15 is 0 Å². The van der Waals surface area contributed by atoms with E-state index in [4.69, 9.17) is 10.5 Å². The Hall–Kier alpha value is -0.970. The third-order valence-electron chi connectivity index (χ3n) is 4.20. The predicted molar refractivity (Wildman–Crippen MR) is 83.6 cm³/mol. The van der Waals surface area contributed by atoms with Gasteiger partial charge < -0.3 is 10.5 Å². The van der Waals surface area contributed by atoms with Gasteiger partial charge in [0.15, 0.2) is 0 Å². The molecule has 0 amide bonds. The molecule has 1 fully saturated rings. The fraction of sp³-hybridized carbons (Fsp3) is 0.647. The number of nitrogens with two attached hydrogens (primary N) is 1. The highest BCUT2D eigenvalue weighted by atomic mass is 19.1. The summed E-state index contributed by atoms with van der Waals surface area (Å²) < 4.78 is 18.8. The van der Waals surface area contributed by atoms with Gasteiger partial charge in [0.05, 0.1) is 6.61 Å². The van der Waals surface area contributed by atoms with E-state index in [2.05, 4.69) is 18.9 Å². The molecule has 0 spiro atoms. The first-order valence-corrected chi connectivity index (χ1v) is 7.90. The summed E-state index contributed by atoms with van der Waals surface area (Å²) in [6, 6.07) is 6.79. The molecule has 0 heterocycles. The standard InChI is InChI=1S/C17H27FN2O/c1-3-16(19)17(14-6-8-15(18)9-7-14)20(2)10-11-21-12-13-4-5-13/h6-9,13,16-17H,3-5,10-12,19H2,1-2H3. The second kappa shape index (κ2) is 7.87. The maximum Gasteiger partial charge on any atom is 0.123 e. The zero-order chi connectivity index (χ0) is 15.2. The van der Waals surface area contributed by atoms with Crippen LogP contribution in [-0.2, 0) is 4.74 Å². The van der Waals surface area contributed by atoms with E-state index in [9.17, 15) is 4.39 Å². The molecule has 1 aliphatic rings. The van der Waals surface area contributed by atoms with Gasteiger partial charge in [0.1, 0.15) is 5.82 Å². The number of rotatable bonds is 9. The van der Waals surface area contributed by atoms with Gasteiger partial charge in [-0.3, -0.25) is 4.90 Å². The van der Waals surface area contributed by atoms with Crippen LogP contribution >= 0.6 is 0 Å². The molecule has 1 saturated carbocycles. The lowest BCUT2D eigenvalue weighted by atomic mass is 9.96. The van der Waals surface area contributed by atoms with Crippen LogP contribution in [0.15, 0.2) is 24.3 Å². The molecule has 2 atom stereocenters. The largest absolute Gasteiger partial charge is 0.380 e. The van der Waals surface area contributed by atoms with E-state index in [0.717, 1.165) is 37.7 Å². The number of hydrogen-bond donors (Lipinski definition) is 1. The Labute approximate surface area is 127 Å². The lowest BCUT2D eigenvalue weighted by Crippen LogP contribution is -2.40. The van der Waals surface area contributed by atoms with Crippen molar-refractivity contribution in [2.45, 2.75) is 38.3 Å². The number of hydrogen-bond acceptors (Lipinski definition) is 3. The first-order valence-electron chi connectivity index (χ1n) is 7.90. The van der Waals surface area contributed by atoms with Crippen LogP contribution in [0.3, 0.4) is 0 Å². The van der Waals surface area contributed by atoms with Crippen molar-refractivity contribution in [1.29, 1.82) is 0 Å². The van der Waals surface area contributed by atoms with Crippen LogP contribution in [0, 0.1) is 11.7 Å². The van der Waals surface area contributed by atoms with Gasteiger partial charge in [-0.25, -0.2) is 4.39 Å². The minimum atomic E-state index is -0.210. The zero-order valence-corrected chi connectivity index (χ0v) is 13.1. The Balaban J connectivity index is 1.91. The van der Waals surface area contributed by atoms with E-state index in [1.165, 1.54) is 25.0 Å². The summed E-state index contributed by atoms with van der Waals surface area (Å²) in [4.78, 5) is 2.22. The summed E-state index contributed by atoms with van der Waals surface area (Å²) >= 11 is 0. The summed E-state index contributed by atoms with van der Waals surface area (Å²) in [5.41, 5.74) is 7.34. The second-order valence-electron chi connectivity index (χ2n) is 6.07. The minimum Gasteiger partial charge on any atom is -0.380 e. The van der Waals surface area contributed by atoms with Crippen LogP contribution in [0.4, 0.5) is 4.39 Å². The molecule has 0 aromatic heterocycles. The summed E-state index contributed by atoms with van der Waals surface area (Å²) in [5, 5.41) is 0. The molecular weight excluding hydrogens is 267 g/mol. The summed E-state index contributed by atoms with van der Waals surface area (Å²) in [5.74, 6) is 0.582. The van der Waals surface area contributed by atoms with Gasteiger partial charge in [-0.05, 0) is 49.9 Å². The monoisotopic (exact) mass is 294 g/mol. The average Bonchev–Trinajstić information content (AvgIpc) is 3.30.